The molecule has 1 aliphatic rings. The van der Waals surface area contributed by atoms with Crippen LogP contribution >= 0.6 is 0 Å². The molecule has 1 heteroatoms. The molecule has 0 aromatic carbocycles. The van der Waals surface area contributed by atoms with Gasteiger partial charge >= 0.3 is 0 Å². The molecule has 1 aliphatic heterocycles. The first-order valence-electron chi connectivity index (χ1n) is 8.85. The lowest BCUT2D eigenvalue weighted by Gasteiger charge is -2.75. The minimum Gasteiger partial charge on any atom is -0.366 e. The average Bonchev–Trinajstić information content (AvgIpc) is 2.08. The van der Waals surface area contributed by atoms with Gasteiger partial charge in [0.25, 0.3) is 0 Å². The summed E-state index contributed by atoms with van der Waals surface area (Å²) in [5, 5.41) is 0. The van der Waals surface area contributed by atoms with Crippen LogP contribution in [0.25, 0.3) is 0 Å². The predicted molar refractivity (Wildman–Crippen MR) is 93.5 cm³/mol. The standard InChI is InChI=1S/C20H40O/c1-13(2)19(14(3)4)16(17(7,8)9)20(21-19,15(5)6)18(10,11)12/h13-16H,1-12H3. The van der Waals surface area contributed by atoms with Crippen molar-refractivity contribution in [1.82, 2.24) is 0 Å². The second kappa shape index (κ2) is 5.25. The molecule has 1 saturated heterocycles. The lowest BCUT2D eigenvalue weighted by molar-refractivity contribution is -0.422. The van der Waals surface area contributed by atoms with Gasteiger partial charge in [0.1, 0.15) is 0 Å². The second-order valence-corrected chi connectivity index (χ2v) is 10.3. The third kappa shape index (κ3) is 2.48. The minimum absolute atomic E-state index is 0.00417. The molecule has 21 heavy (non-hydrogen) atoms. The molecule has 0 radical (unpaired) electrons. The van der Waals surface area contributed by atoms with Crippen molar-refractivity contribution in [3.63, 3.8) is 0 Å². The Morgan fingerprint density at radius 1 is 0.714 bits per heavy atom. The second-order valence-electron chi connectivity index (χ2n) is 10.3. The molecule has 0 spiro atoms. The highest BCUT2D eigenvalue weighted by Gasteiger charge is 2.73. The molecule has 0 aliphatic carbocycles. The van der Waals surface area contributed by atoms with Crippen LogP contribution in [0.1, 0.15) is 83.1 Å². The molecule has 0 saturated carbocycles. The van der Waals surface area contributed by atoms with Crippen LogP contribution in [0.4, 0.5) is 0 Å². The topological polar surface area (TPSA) is 9.23 Å². The van der Waals surface area contributed by atoms with Crippen molar-refractivity contribution in [2.24, 2.45) is 34.5 Å². The van der Waals surface area contributed by atoms with E-state index in [9.17, 15) is 0 Å². The zero-order valence-electron chi connectivity index (χ0n) is 16.7. The van der Waals surface area contributed by atoms with Gasteiger partial charge in [0.15, 0.2) is 0 Å². The number of ether oxygens (including phenoxy) is 1. The first-order chi connectivity index (χ1) is 9.15. The average molecular weight is 297 g/mol. The molecule has 0 aromatic heterocycles. The Labute approximate surface area is 134 Å². The number of rotatable bonds is 3. The van der Waals surface area contributed by atoms with E-state index in [4.69, 9.17) is 4.74 Å². The highest BCUT2D eigenvalue weighted by atomic mass is 16.6. The molecule has 1 rings (SSSR count). The van der Waals surface area contributed by atoms with Crippen molar-refractivity contribution in [1.29, 1.82) is 0 Å². The summed E-state index contributed by atoms with van der Waals surface area (Å²) in [5.74, 6) is 2.16. The van der Waals surface area contributed by atoms with Crippen LogP contribution in [0.5, 0.6) is 0 Å². The van der Waals surface area contributed by atoms with E-state index < -0.39 is 0 Å². The van der Waals surface area contributed by atoms with Gasteiger partial charge in [-0.2, -0.15) is 0 Å². The van der Waals surface area contributed by atoms with E-state index in [1.807, 2.05) is 0 Å². The van der Waals surface area contributed by atoms with Gasteiger partial charge in [0.05, 0.1) is 11.2 Å². The molecule has 2 unspecified atom stereocenters. The van der Waals surface area contributed by atoms with Crippen molar-refractivity contribution in [3.05, 3.63) is 0 Å². The van der Waals surface area contributed by atoms with Gasteiger partial charge < -0.3 is 4.74 Å². The molecule has 0 N–H and O–H groups in total. The smallest absolute Gasteiger partial charge is 0.0821 e. The van der Waals surface area contributed by atoms with Crippen LogP contribution in [-0.2, 0) is 4.74 Å². The number of hydrogen-bond acceptors (Lipinski definition) is 1. The van der Waals surface area contributed by atoms with Gasteiger partial charge in [-0.05, 0) is 28.6 Å². The van der Waals surface area contributed by atoms with Crippen LogP contribution in [-0.4, -0.2) is 11.2 Å². The van der Waals surface area contributed by atoms with E-state index in [0.29, 0.717) is 23.7 Å². The summed E-state index contributed by atoms with van der Waals surface area (Å²) in [6.07, 6.45) is 0. The minimum atomic E-state index is -0.0419. The fourth-order valence-corrected chi connectivity index (χ4v) is 5.48. The maximum atomic E-state index is 7.00. The summed E-state index contributed by atoms with van der Waals surface area (Å²) >= 11 is 0. The summed E-state index contributed by atoms with van der Waals surface area (Å²) in [5.41, 5.74) is 0.340. The molecular formula is C20H40O. The van der Waals surface area contributed by atoms with Crippen molar-refractivity contribution < 1.29 is 4.74 Å². The van der Waals surface area contributed by atoms with Crippen LogP contribution in [0.3, 0.4) is 0 Å². The van der Waals surface area contributed by atoms with Gasteiger partial charge in [0, 0.05) is 5.92 Å². The van der Waals surface area contributed by atoms with Crippen LogP contribution < -0.4 is 0 Å². The first kappa shape index (κ1) is 19.0. The summed E-state index contributed by atoms with van der Waals surface area (Å²) < 4.78 is 7.00. The summed E-state index contributed by atoms with van der Waals surface area (Å²) in [6, 6.07) is 0. The normalized spacial score (nSPS) is 30.1. The third-order valence-electron chi connectivity index (χ3n) is 5.93. The van der Waals surface area contributed by atoms with Gasteiger partial charge in [-0.3, -0.25) is 0 Å². The number of hydrogen-bond donors (Lipinski definition) is 0. The molecule has 126 valence electrons. The zero-order chi connectivity index (χ0) is 17.0. The molecule has 0 amide bonds. The van der Waals surface area contributed by atoms with Gasteiger partial charge in [0.2, 0.25) is 0 Å². The van der Waals surface area contributed by atoms with Crippen molar-refractivity contribution in [2.75, 3.05) is 0 Å². The largest absolute Gasteiger partial charge is 0.366 e. The highest BCUT2D eigenvalue weighted by molar-refractivity contribution is 5.21. The van der Waals surface area contributed by atoms with E-state index in [1.165, 1.54) is 0 Å². The van der Waals surface area contributed by atoms with E-state index in [0.717, 1.165) is 0 Å². The molecule has 1 heterocycles. The fraction of sp³-hybridized carbons (Fsp3) is 1.00. The molecule has 1 fully saturated rings. The zero-order valence-corrected chi connectivity index (χ0v) is 16.7. The Bertz CT molecular complexity index is 356. The summed E-state index contributed by atoms with van der Waals surface area (Å²) in [7, 11) is 0. The van der Waals surface area contributed by atoms with Crippen molar-refractivity contribution >= 4 is 0 Å². The third-order valence-corrected chi connectivity index (χ3v) is 5.93. The molecule has 0 aromatic rings. The summed E-state index contributed by atoms with van der Waals surface area (Å²) in [4.78, 5) is 0. The highest BCUT2D eigenvalue weighted by Crippen LogP contribution is 2.68. The van der Waals surface area contributed by atoms with E-state index >= 15 is 0 Å². The Morgan fingerprint density at radius 3 is 1.29 bits per heavy atom. The van der Waals surface area contributed by atoms with Crippen LogP contribution in [0.2, 0.25) is 0 Å². The monoisotopic (exact) mass is 296 g/mol. The lowest BCUT2D eigenvalue weighted by atomic mass is 9.44. The molecule has 0 bridgehead atoms. The van der Waals surface area contributed by atoms with Crippen molar-refractivity contribution in [2.45, 2.75) is 94.3 Å². The van der Waals surface area contributed by atoms with Crippen LogP contribution in [0, 0.1) is 34.5 Å². The van der Waals surface area contributed by atoms with Gasteiger partial charge in [-0.15, -0.1) is 0 Å². The SMILES string of the molecule is CC(C)C1(C(C)C)OC(C(C)C)(C(C)(C)C)C1C(C)(C)C. The maximum absolute atomic E-state index is 7.00. The molecule has 1 nitrogen and oxygen atoms in total. The Hall–Kier alpha value is -0.0400. The van der Waals surface area contributed by atoms with E-state index in [-0.39, 0.29) is 22.0 Å². The lowest BCUT2D eigenvalue weighted by Crippen LogP contribution is -2.81. The Kier molecular flexibility index (Phi) is 4.75. The van der Waals surface area contributed by atoms with Gasteiger partial charge in [-0.1, -0.05) is 83.1 Å². The quantitative estimate of drug-likeness (QED) is 0.605. The summed E-state index contributed by atoms with van der Waals surface area (Å²) in [6.45, 7) is 28.3. The Morgan fingerprint density at radius 2 is 1.10 bits per heavy atom. The molecular weight excluding hydrogens is 256 g/mol. The van der Waals surface area contributed by atoms with E-state index in [1.54, 1.807) is 0 Å². The molecule has 2 atom stereocenters. The van der Waals surface area contributed by atoms with Gasteiger partial charge in [-0.25, -0.2) is 0 Å². The van der Waals surface area contributed by atoms with Crippen molar-refractivity contribution in [3.8, 4) is 0 Å². The van der Waals surface area contributed by atoms with Crippen LogP contribution in [0.15, 0.2) is 0 Å². The first-order valence-corrected chi connectivity index (χ1v) is 8.85. The predicted octanol–water partition coefficient (Wildman–Crippen LogP) is 6.17. The van der Waals surface area contributed by atoms with E-state index in [2.05, 4.69) is 83.1 Å². The fourth-order valence-electron chi connectivity index (χ4n) is 5.48. The Balaban J connectivity index is 3.54. The maximum Gasteiger partial charge on any atom is 0.0821 e.